The van der Waals surface area contributed by atoms with Crippen LogP contribution in [0.25, 0.3) is 0 Å². The maximum Gasteiger partial charge on any atom is 0.190 e. The fourth-order valence-electron chi connectivity index (χ4n) is 7.28. The van der Waals surface area contributed by atoms with Gasteiger partial charge in [0.15, 0.2) is 11.6 Å². The normalized spacial score (nSPS) is 50.5. The molecule has 0 aromatic carbocycles. The Kier molecular flexibility index (Phi) is 4.04. The Morgan fingerprint density at radius 1 is 1.23 bits per heavy atom. The summed E-state index contributed by atoms with van der Waals surface area (Å²) in [5.74, 6) is 0.140. The third-order valence-electron chi connectivity index (χ3n) is 8.65. The molecule has 3 saturated carbocycles. The molecule has 4 rings (SSSR count). The summed E-state index contributed by atoms with van der Waals surface area (Å²) in [6.45, 7) is 3.46. The van der Waals surface area contributed by atoms with Gasteiger partial charge in [0.25, 0.3) is 0 Å². The minimum absolute atomic E-state index is 0.0697. The molecule has 0 heterocycles. The Bertz CT molecular complexity index is 684. The van der Waals surface area contributed by atoms with Gasteiger partial charge in [0.2, 0.25) is 0 Å². The average Bonchev–Trinajstić information content (AvgIpc) is 2.86. The zero-order valence-corrected chi connectivity index (χ0v) is 15.7. The number of Topliss-reactive ketones (excluding diaryl/α,β-unsaturated/α-hetero) is 1. The highest BCUT2D eigenvalue weighted by atomic mass is 16.3. The van der Waals surface area contributed by atoms with E-state index in [1.54, 1.807) is 6.08 Å². The van der Waals surface area contributed by atoms with Crippen molar-refractivity contribution in [3.05, 3.63) is 11.6 Å². The molecule has 4 aliphatic rings. The van der Waals surface area contributed by atoms with Gasteiger partial charge < -0.3 is 15.3 Å². The van der Waals surface area contributed by atoms with Gasteiger partial charge >= 0.3 is 0 Å². The molecule has 5 nitrogen and oxygen atoms in total. The SMILES string of the molecule is C[C@]12CCC(=O)C=C1CC[C@@H]1C2[C@H](O)C[C@@]2(C)[C@H]1CC[C@]2(O)C(=O)CO. The molecule has 0 aliphatic heterocycles. The third kappa shape index (κ3) is 2.14. The van der Waals surface area contributed by atoms with Crippen molar-refractivity contribution in [1.82, 2.24) is 0 Å². The molecule has 3 N–H and O–H groups in total. The van der Waals surface area contributed by atoms with Crippen LogP contribution in [0.4, 0.5) is 0 Å². The maximum atomic E-state index is 12.4. The summed E-state index contributed by atoms with van der Waals surface area (Å²) in [6.07, 6.45) is 5.74. The Labute approximate surface area is 154 Å². The Morgan fingerprint density at radius 3 is 2.65 bits per heavy atom. The molecular formula is C21H30O5. The first kappa shape index (κ1) is 18.3. The predicted octanol–water partition coefficient (Wildman–Crippen LogP) is 1.78. The van der Waals surface area contributed by atoms with Gasteiger partial charge in [-0.1, -0.05) is 19.4 Å². The summed E-state index contributed by atoms with van der Waals surface area (Å²) in [7, 11) is 0. The molecule has 0 radical (unpaired) electrons. The Balaban J connectivity index is 1.74. The first-order valence-electron chi connectivity index (χ1n) is 9.96. The molecule has 0 saturated heterocycles. The van der Waals surface area contributed by atoms with Crippen molar-refractivity contribution in [1.29, 1.82) is 0 Å². The third-order valence-corrected chi connectivity index (χ3v) is 8.65. The molecule has 0 aromatic heterocycles. The van der Waals surface area contributed by atoms with Crippen LogP contribution in [0.15, 0.2) is 11.6 Å². The van der Waals surface area contributed by atoms with Crippen LogP contribution in [0, 0.1) is 28.6 Å². The summed E-state index contributed by atoms with van der Waals surface area (Å²) < 4.78 is 0. The second-order valence-corrected chi connectivity index (χ2v) is 9.56. The van der Waals surface area contributed by atoms with E-state index in [2.05, 4.69) is 6.92 Å². The van der Waals surface area contributed by atoms with E-state index < -0.39 is 29.5 Å². The lowest BCUT2D eigenvalue weighted by atomic mass is 9.45. The molecule has 144 valence electrons. The fraction of sp³-hybridized carbons (Fsp3) is 0.810. The number of hydrogen-bond acceptors (Lipinski definition) is 5. The van der Waals surface area contributed by atoms with E-state index in [-0.39, 0.29) is 29.0 Å². The molecule has 1 unspecified atom stereocenters. The minimum atomic E-state index is -1.54. The van der Waals surface area contributed by atoms with E-state index in [0.717, 1.165) is 25.7 Å². The highest BCUT2D eigenvalue weighted by molar-refractivity contribution is 5.91. The monoisotopic (exact) mass is 362 g/mol. The number of carbonyl (C=O) groups excluding carboxylic acids is 2. The molecule has 26 heavy (non-hydrogen) atoms. The molecule has 0 bridgehead atoms. The van der Waals surface area contributed by atoms with Gasteiger partial charge in [0, 0.05) is 11.8 Å². The van der Waals surface area contributed by atoms with Crippen LogP contribution in [-0.4, -0.2) is 45.2 Å². The lowest BCUT2D eigenvalue weighted by Crippen LogP contribution is -2.62. The predicted molar refractivity (Wildman–Crippen MR) is 95.1 cm³/mol. The average molecular weight is 362 g/mol. The van der Waals surface area contributed by atoms with Crippen LogP contribution >= 0.6 is 0 Å². The molecule has 0 amide bonds. The van der Waals surface area contributed by atoms with Crippen molar-refractivity contribution in [2.24, 2.45) is 28.6 Å². The van der Waals surface area contributed by atoms with Gasteiger partial charge in [0.05, 0.1) is 6.10 Å². The smallest absolute Gasteiger partial charge is 0.190 e. The van der Waals surface area contributed by atoms with E-state index in [0.29, 0.717) is 19.3 Å². The van der Waals surface area contributed by atoms with E-state index in [4.69, 9.17) is 0 Å². The summed E-state index contributed by atoms with van der Waals surface area (Å²) in [6, 6.07) is 0. The second-order valence-electron chi connectivity index (χ2n) is 9.56. The lowest BCUT2D eigenvalue weighted by molar-refractivity contribution is -0.182. The zero-order chi connectivity index (χ0) is 18.9. The van der Waals surface area contributed by atoms with Crippen LogP contribution in [0.3, 0.4) is 0 Å². The van der Waals surface area contributed by atoms with Crippen LogP contribution in [0.5, 0.6) is 0 Å². The number of fused-ring (bicyclic) bond motifs is 5. The Hall–Kier alpha value is -1.04. The highest BCUT2D eigenvalue weighted by Gasteiger charge is 2.68. The summed E-state index contributed by atoms with van der Waals surface area (Å²) in [5, 5.41) is 31.7. The van der Waals surface area contributed by atoms with Gasteiger partial charge in [-0.25, -0.2) is 0 Å². The van der Waals surface area contributed by atoms with Gasteiger partial charge in [-0.15, -0.1) is 0 Å². The summed E-state index contributed by atoms with van der Waals surface area (Å²) >= 11 is 0. The van der Waals surface area contributed by atoms with Gasteiger partial charge in [-0.3, -0.25) is 9.59 Å². The number of allylic oxidation sites excluding steroid dienone is 1. The molecule has 0 aromatic rings. The largest absolute Gasteiger partial charge is 0.393 e. The van der Waals surface area contributed by atoms with Crippen molar-refractivity contribution in [3.8, 4) is 0 Å². The topological polar surface area (TPSA) is 94.8 Å². The molecule has 0 spiro atoms. The fourth-order valence-corrected chi connectivity index (χ4v) is 7.28. The van der Waals surface area contributed by atoms with Gasteiger partial charge in [-0.2, -0.15) is 0 Å². The van der Waals surface area contributed by atoms with Crippen LogP contribution < -0.4 is 0 Å². The number of aliphatic hydroxyl groups is 3. The number of ketones is 2. The van der Waals surface area contributed by atoms with E-state index in [1.807, 2.05) is 6.92 Å². The van der Waals surface area contributed by atoms with Crippen molar-refractivity contribution in [3.63, 3.8) is 0 Å². The maximum absolute atomic E-state index is 12.4. The molecular weight excluding hydrogens is 332 g/mol. The molecule has 4 aliphatic carbocycles. The van der Waals surface area contributed by atoms with Crippen molar-refractivity contribution in [2.45, 2.75) is 70.5 Å². The van der Waals surface area contributed by atoms with Crippen LogP contribution in [0.2, 0.25) is 0 Å². The summed E-state index contributed by atoms with van der Waals surface area (Å²) in [5.41, 5.74) is -1.23. The Morgan fingerprint density at radius 2 is 1.96 bits per heavy atom. The highest BCUT2D eigenvalue weighted by Crippen LogP contribution is 2.67. The van der Waals surface area contributed by atoms with Crippen molar-refractivity contribution in [2.75, 3.05) is 6.61 Å². The van der Waals surface area contributed by atoms with E-state index in [9.17, 15) is 24.9 Å². The molecule has 7 atom stereocenters. The minimum Gasteiger partial charge on any atom is -0.393 e. The lowest BCUT2D eigenvalue weighted by Gasteiger charge is -2.60. The number of aliphatic hydroxyl groups excluding tert-OH is 2. The number of rotatable bonds is 2. The summed E-state index contributed by atoms with van der Waals surface area (Å²) in [4.78, 5) is 24.3. The van der Waals surface area contributed by atoms with E-state index >= 15 is 0 Å². The first-order valence-corrected chi connectivity index (χ1v) is 9.96. The number of carbonyl (C=O) groups is 2. The van der Waals surface area contributed by atoms with Crippen molar-refractivity contribution >= 4 is 11.6 Å². The quantitative estimate of drug-likeness (QED) is 0.696. The second kappa shape index (κ2) is 5.73. The van der Waals surface area contributed by atoms with Crippen molar-refractivity contribution < 1.29 is 24.9 Å². The van der Waals surface area contributed by atoms with Crippen LogP contribution in [0.1, 0.15) is 58.8 Å². The molecule has 3 fully saturated rings. The van der Waals surface area contributed by atoms with E-state index in [1.165, 1.54) is 5.57 Å². The van der Waals surface area contributed by atoms with Gasteiger partial charge in [0.1, 0.15) is 12.2 Å². The standard InChI is InChI=1S/C21H30O5/c1-19-7-5-13(23)9-12(19)3-4-14-15-6-8-21(26,17(25)11-22)20(15,2)10-16(24)18(14)19/h9,14-16,18,22,24,26H,3-8,10-11H2,1-2H3/t14-,15-,16+,18?,19-,20-,21-/m0/s1. The molecule has 5 heteroatoms. The zero-order valence-electron chi connectivity index (χ0n) is 15.7. The first-order chi connectivity index (χ1) is 12.2. The number of hydrogen-bond donors (Lipinski definition) is 3. The van der Waals surface area contributed by atoms with Gasteiger partial charge in [-0.05, 0) is 67.8 Å². The van der Waals surface area contributed by atoms with Crippen LogP contribution in [-0.2, 0) is 9.59 Å².